The number of nitrogen functional groups attached to an aromatic ring is 1. The van der Waals surface area contributed by atoms with Crippen LogP contribution in [0.15, 0.2) is 109 Å². The van der Waals surface area contributed by atoms with Crippen LogP contribution < -0.4 is 11.1 Å². The van der Waals surface area contributed by atoms with Gasteiger partial charge in [0.1, 0.15) is 0 Å². The molecule has 0 radical (unpaired) electrons. The number of rotatable bonds is 5. The lowest BCUT2D eigenvalue weighted by molar-refractivity contribution is -0.122. The molecule has 1 aliphatic rings. The SMILES string of the molecule is Nc1ccc([C@H]2CCc3ccccc3[C@H]2NC(=O)C(c2ccccc2)c2ccccc2)cc1. The number of nitrogens with one attached hydrogen (secondary N) is 1. The Morgan fingerprint density at radius 1 is 0.758 bits per heavy atom. The molecule has 4 aromatic rings. The maximum Gasteiger partial charge on any atom is 0.232 e. The zero-order valence-corrected chi connectivity index (χ0v) is 18.5. The van der Waals surface area contributed by atoms with Crippen molar-refractivity contribution in [1.82, 2.24) is 5.32 Å². The number of aryl methyl sites for hydroxylation is 1. The highest BCUT2D eigenvalue weighted by Gasteiger charge is 2.34. The Bertz CT molecular complexity index is 1180. The molecule has 2 atom stereocenters. The fourth-order valence-electron chi connectivity index (χ4n) is 5.06. The van der Waals surface area contributed by atoms with Crippen LogP contribution in [0.1, 0.15) is 52.1 Å². The molecule has 0 saturated carbocycles. The fraction of sp³-hybridized carbons (Fsp3) is 0.167. The molecule has 1 aliphatic carbocycles. The number of carbonyl (C=O) groups is 1. The number of carbonyl (C=O) groups excluding carboxylic acids is 1. The van der Waals surface area contributed by atoms with Gasteiger partial charge < -0.3 is 11.1 Å². The predicted octanol–water partition coefficient (Wildman–Crippen LogP) is 5.99. The van der Waals surface area contributed by atoms with Gasteiger partial charge in [0.05, 0.1) is 12.0 Å². The highest BCUT2D eigenvalue weighted by Crippen LogP contribution is 2.41. The van der Waals surface area contributed by atoms with Crippen molar-refractivity contribution in [2.75, 3.05) is 5.73 Å². The Morgan fingerprint density at radius 2 is 1.33 bits per heavy atom. The van der Waals surface area contributed by atoms with Crippen LogP contribution >= 0.6 is 0 Å². The second-order valence-corrected chi connectivity index (χ2v) is 8.75. The summed E-state index contributed by atoms with van der Waals surface area (Å²) in [5.74, 6) is -0.153. The van der Waals surface area contributed by atoms with E-state index in [1.54, 1.807) is 0 Å². The second-order valence-electron chi connectivity index (χ2n) is 8.75. The van der Waals surface area contributed by atoms with Gasteiger partial charge in [-0.3, -0.25) is 4.79 Å². The first-order chi connectivity index (χ1) is 16.2. The van der Waals surface area contributed by atoms with Gasteiger partial charge in [0, 0.05) is 11.6 Å². The average molecular weight is 433 g/mol. The van der Waals surface area contributed by atoms with Crippen LogP contribution in [-0.2, 0) is 11.2 Å². The van der Waals surface area contributed by atoms with Crippen LogP contribution in [-0.4, -0.2) is 5.91 Å². The molecule has 0 aliphatic heterocycles. The Morgan fingerprint density at radius 3 is 1.97 bits per heavy atom. The lowest BCUT2D eigenvalue weighted by atomic mass is 9.76. The van der Waals surface area contributed by atoms with E-state index in [4.69, 9.17) is 5.73 Å². The van der Waals surface area contributed by atoms with E-state index >= 15 is 0 Å². The predicted molar refractivity (Wildman–Crippen MR) is 134 cm³/mol. The number of hydrogen-bond donors (Lipinski definition) is 2. The molecular weight excluding hydrogens is 404 g/mol. The molecule has 0 aromatic heterocycles. The molecule has 0 bridgehead atoms. The molecule has 1 amide bonds. The number of amides is 1. The summed E-state index contributed by atoms with van der Waals surface area (Å²) >= 11 is 0. The summed E-state index contributed by atoms with van der Waals surface area (Å²) in [6.07, 6.45) is 1.98. The smallest absolute Gasteiger partial charge is 0.232 e. The van der Waals surface area contributed by atoms with Crippen molar-refractivity contribution in [3.8, 4) is 0 Å². The van der Waals surface area contributed by atoms with Crippen LogP contribution in [0.4, 0.5) is 5.69 Å². The van der Waals surface area contributed by atoms with E-state index in [1.165, 1.54) is 16.7 Å². The monoisotopic (exact) mass is 432 g/mol. The topological polar surface area (TPSA) is 55.1 Å². The molecule has 0 spiro atoms. The molecule has 5 rings (SSSR count). The van der Waals surface area contributed by atoms with Gasteiger partial charge in [0.2, 0.25) is 5.91 Å². The van der Waals surface area contributed by atoms with Crippen molar-refractivity contribution < 1.29 is 4.79 Å². The van der Waals surface area contributed by atoms with E-state index in [2.05, 4.69) is 41.7 Å². The van der Waals surface area contributed by atoms with Crippen molar-refractivity contribution in [3.63, 3.8) is 0 Å². The van der Waals surface area contributed by atoms with Crippen molar-refractivity contribution in [3.05, 3.63) is 137 Å². The Hall–Kier alpha value is -3.85. The summed E-state index contributed by atoms with van der Waals surface area (Å²) < 4.78 is 0. The molecule has 0 fully saturated rings. The number of anilines is 1. The number of nitrogens with two attached hydrogens (primary N) is 1. The fourth-order valence-corrected chi connectivity index (χ4v) is 5.06. The van der Waals surface area contributed by atoms with Crippen LogP contribution in [0.2, 0.25) is 0 Å². The number of hydrogen-bond acceptors (Lipinski definition) is 2. The zero-order chi connectivity index (χ0) is 22.6. The average Bonchev–Trinajstić information content (AvgIpc) is 2.86. The normalized spacial score (nSPS) is 17.4. The highest BCUT2D eigenvalue weighted by molar-refractivity contribution is 5.87. The van der Waals surface area contributed by atoms with Gasteiger partial charge in [-0.05, 0) is 52.8 Å². The van der Waals surface area contributed by atoms with Crippen molar-refractivity contribution in [2.24, 2.45) is 0 Å². The van der Waals surface area contributed by atoms with Crippen molar-refractivity contribution in [2.45, 2.75) is 30.7 Å². The van der Waals surface area contributed by atoms with Crippen molar-refractivity contribution in [1.29, 1.82) is 0 Å². The third kappa shape index (κ3) is 4.40. The van der Waals surface area contributed by atoms with E-state index in [1.807, 2.05) is 72.8 Å². The Labute approximate surface area is 195 Å². The minimum absolute atomic E-state index is 0.0227. The molecule has 0 saturated heterocycles. The third-order valence-electron chi connectivity index (χ3n) is 6.71. The maximum atomic E-state index is 13.9. The Balaban J connectivity index is 1.53. The molecule has 164 valence electrons. The van der Waals surface area contributed by atoms with E-state index < -0.39 is 0 Å². The first-order valence-corrected chi connectivity index (χ1v) is 11.5. The van der Waals surface area contributed by atoms with Gasteiger partial charge in [-0.2, -0.15) is 0 Å². The molecule has 0 unspecified atom stereocenters. The molecule has 3 nitrogen and oxygen atoms in total. The summed E-state index contributed by atoms with van der Waals surface area (Å²) in [5, 5.41) is 3.47. The number of fused-ring (bicyclic) bond motifs is 1. The van der Waals surface area contributed by atoms with Crippen LogP contribution in [0.3, 0.4) is 0 Å². The van der Waals surface area contributed by atoms with Gasteiger partial charge in [0.15, 0.2) is 0 Å². The van der Waals surface area contributed by atoms with Gasteiger partial charge in [-0.25, -0.2) is 0 Å². The maximum absolute atomic E-state index is 13.9. The zero-order valence-electron chi connectivity index (χ0n) is 18.5. The van der Waals surface area contributed by atoms with E-state index in [0.717, 1.165) is 29.7 Å². The number of benzene rings is 4. The first-order valence-electron chi connectivity index (χ1n) is 11.5. The molecule has 3 N–H and O–H groups in total. The summed E-state index contributed by atoms with van der Waals surface area (Å²) in [5.41, 5.74) is 12.4. The molecule has 0 heterocycles. The minimum atomic E-state index is -0.367. The van der Waals surface area contributed by atoms with Gasteiger partial charge in [0.25, 0.3) is 0 Å². The van der Waals surface area contributed by atoms with Crippen LogP contribution in [0, 0.1) is 0 Å². The highest BCUT2D eigenvalue weighted by atomic mass is 16.2. The standard InChI is InChI=1S/C30H28N2O/c31-25-18-15-22(16-19-25)27-20-17-21-9-7-8-14-26(21)29(27)32-30(33)28(23-10-3-1-4-11-23)24-12-5-2-6-13-24/h1-16,18-19,27-29H,17,20,31H2,(H,32,33)/t27-,29-/m1/s1. The van der Waals surface area contributed by atoms with E-state index in [-0.39, 0.29) is 23.8 Å². The lowest BCUT2D eigenvalue weighted by Crippen LogP contribution is -2.38. The second kappa shape index (κ2) is 9.33. The molecule has 3 heteroatoms. The van der Waals surface area contributed by atoms with E-state index in [0.29, 0.717) is 0 Å². The largest absolute Gasteiger partial charge is 0.399 e. The summed E-state index contributed by atoms with van der Waals surface area (Å²) in [7, 11) is 0. The minimum Gasteiger partial charge on any atom is -0.399 e. The van der Waals surface area contributed by atoms with Gasteiger partial charge >= 0.3 is 0 Å². The first kappa shape index (κ1) is 21.0. The van der Waals surface area contributed by atoms with Gasteiger partial charge in [-0.1, -0.05) is 97.1 Å². The van der Waals surface area contributed by atoms with Gasteiger partial charge in [-0.15, -0.1) is 0 Å². The quantitative estimate of drug-likeness (QED) is 0.381. The van der Waals surface area contributed by atoms with Crippen LogP contribution in [0.25, 0.3) is 0 Å². The molecule has 33 heavy (non-hydrogen) atoms. The summed E-state index contributed by atoms with van der Waals surface area (Å²) in [6.45, 7) is 0. The molecule has 4 aromatic carbocycles. The Kier molecular flexibility index (Phi) is 5.95. The lowest BCUT2D eigenvalue weighted by Gasteiger charge is -2.35. The van der Waals surface area contributed by atoms with Crippen molar-refractivity contribution >= 4 is 11.6 Å². The van der Waals surface area contributed by atoms with E-state index in [9.17, 15) is 4.79 Å². The van der Waals surface area contributed by atoms with Crippen LogP contribution in [0.5, 0.6) is 0 Å². The molecular formula is C30H28N2O. The summed E-state index contributed by atoms with van der Waals surface area (Å²) in [4.78, 5) is 13.9. The third-order valence-corrected chi connectivity index (χ3v) is 6.71. The summed E-state index contributed by atoms with van der Waals surface area (Å²) in [6, 6.07) is 36.5.